The lowest BCUT2D eigenvalue weighted by Gasteiger charge is -2.24. The van der Waals surface area contributed by atoms with Crippen LogP contribution in [0.4, 0.5) is 0 Å². The topological polar surface area (TPSA) is 64.2 Å². The molecule has 2 heterocycles. The number of rotatable bonds is 2. The van der Waals surface area contributed by atoms with Crippen LogP contribution in [-0.4, -0.2) is 33.2 Å². The zero-order chi connectivity index (χ0) is 11.0. The molecule has 1 saturated heterocycles. The normalized spacial score (nSPS) is 26.3. The van der Waals surface area contributed by atoms with Gasteiger partial charge in [0.2, 0.25) is 5.91 Å². The lowest BCUT2D eigenvalue weighted by molar-refractivity contribution is -0.128. The molecule has 1 amide bonds. The van der Waals surface area contributed by atoms with Gasteiger partial charge >= 0.3 is 0 Å². The van der Waals surface area contributed by atoms with Gasteiger partial charge in [-0.25, -0.2) is 0 Å². The molecule has 0 unspecified atom stereocenters. The first-order valence-electron chi connectivity index (χ1n) is 5.17. The highest BCUT2D eigenvalue weighted by atomic mass is 16.2. The van der Waals surface area contributed by atoms with Crippen LogP contribution in [0.5, 0.6) is 0 Å². The molecule has 15 heavy (non-hydrogen) atoms. The maximum absolute atomic E-state index is 11.6. The number of carbonyl (C=O) groups excluding carboxylic acids is 1. The predicted octanol–water partition coefficient (Wildman–Crippen LogP) is 0.0407. The van der Waals surface area contributed by atoms with Crippen LogP contribution in [0.25, 0.3) is 0 Å². The number of aromatic nitrogens is 2. The number of hydrogen-bond donors (Lipinski definition) is 1. The highest BCUT2D eigenvalue weighted by molar-refractivity contribution is 5.80. The van der Waals surface area contributed by atoms with E-state index in [0.29, 0.717) is 13.0 Å². The smallest absolute Gasteiger partial charge is 0.224 e. The van der Waals surface area contributed by atoms with Crippen LogP contribution < -0.4 is 5.73 Å². The van der Waals surface area contributed by atoms with E-state index in [1.165, 1.54) is 0 Å². The van der Waals surface area contributed by atoms with Crippen LogP contribution in [0.15, 0.2) is 12.4 Å². The first-order chi connectivity index (χ1) is 7.13. The summed E-state index contributed by atoms with van der Waals surface area (Å²) in [7, 11) is 1.86. The van der Waals surface area contributed by atoms with Gasteiger partial charge in [-0.2, -0.15) is 5.10 Å². The van der Waals surface area contributed by atoms with E-state index in [1.807, 2.05) is 25.1 Å². The molecule has 2 N–H and O–H groups in total. The van der Waals surface area contributed by atoms with Gasteiger partial charge < -0.3 is 10.6 Å². The van der Waals surface area contributed by atoms with Gasteiger partial charge in [-0.15, -0.1) is 0 Å². The highest BCUT2D eigenvalue weighted by Gasteiger charge is 2.38. The van der Waals surface area contributed by atoms with Crippen LogP contribution in [-0.2, 0) is 11.8 Å². The maximum Gasteiger partial charge on any atom is 0.224 e. The molecule has 0 bridgehead atoms. The van der Waals surface area contributed by atoms with Crippen LogP contribution in [0.1, 0.15) is 24.9 Å². The zero-order valence-corrected chi connectivity index (χ0v) is 9.05. The molecule has 1 aliphatic rings. The molecule has 0 aliphatic carbocycles. The van der Waals surface area contributed by atoms with Gasteiger partial charge in [0, 0.05) is 37.8 Å². The molecule has 5 heteroatoms. The summed E-state index contributed by atoms with van der Waals surface area (Å²) in [6.07, 6.45) is 4.14. The van der Waals surface area contributed by atoms with Crippen molar-refractivity contribution in [3.63, 3.8) is 0 Å². The number of likely N-dealkylation sites (N-methyl/N-ethyl adjacent to an activating group) is 1. The quantitative estimate of drug-likeness (QED) is 0.746. The standard InChI is InChI=1S/C10H16N4O/c1-3-14-9(15)4-8(11)10(14)7-5-12-13(2)6-7/h5-6,8,10H,3-4,11H2,1-2H3/t8-,10+/m0/s1. The summed E-state index contributed by atoms with van der Waals surface area (Å²) in [5.74, 6) is 0.138. The molecule has 2 atom stereocenters. The summed E-state index contributed by atoms with van der Waals surface area (Å²) in [4.78, 5) is 13.4. The van der Waals surface area contributed by atoms with E-state index in [2.05, 4.69) is 5.10 Å². The molecular weight excluding hydrogens is 192 g/mol. The fraction of sp³-hybridized carbons (Fsp3) is 0.600. The van der Waals surface area contributed by atoms with E-state index >= 15 is 0 Å². The first-order valence-corrected chi connectivity index (χ1v) is 5.17. The molecule has 1 aliphatic heterocycles. The summed E-state index contributed by atoms with van der Waals surface area (Å²) < 4.78 is 1.73. The Bertz CT molecular complexity index is 373. The number of carbonyl (C=O) groups is 1. The largest absolute Gasteiger partial charge is 0.334 e. The van der Waals surface area contributed by atoms with Gasteiger partial charge in [0.1, 0.15) is 0 Å². The van der Waals surface area contributed by atoms with Gasteiger partial charge in [0.25, 0.3) is 0 Å². The Morgan fingerprint density at radius 3 is 2.93 bits per heavy atom. The van der Waals surface area contributed by atoms with Crippen LogP contribution >= 0.6 is 0 Å². The second-order valence-corrected chi connectivity index (χ2v) is 3.94. The number of nitrogens with zero attached hydrogens (tertiary/aromatic N) is 3. The Labute approximate surface area is 88.8 Å². The van der Waals surface area contributed by atoms with Crippen molar-refractivity contribution >= 4 is 5.91 Å². The van der Waals surface area contributed by atoms with Crippen LogP contribution in [0.2, 0.25) is 0 Å². The molecule has 1 aromatic rings. The van der Waals surface area contributed by atoms with E-state index in [4.69, 9.17) is 5.73 Å². The van der Waals surface area contributed by atoms with Gasteiger partial charge in [-0.05, 0) is 6.92 Å². The van der Waals surface area contributed by atoms with E-state index < -0.39 is 0 Å². The molecule has 2 rings (SSSR count). The lowest BCUT2D eigenvalue weighted by Crippen LogP contribution is -2.32. The number of nitrogens with two attached hydrogens (primary N) is 1. The maximum atomic E-state index is 11.6. The molecule has 0 spiro atoms. The molecule has 0 saturated carbocycles. The summed E-state index contributed by atoms with van der Waals surface area (Å²) in [6, 6.07) is -0.113. The van der Waals surface area contributed by atoms with Crippen molar-refractivity contribution in [2.75, 3.05) is 6.54 Å². The second kappa shape index (κ2) is 3.66. The SMILES string of the molecule is CCN1C(=O)C[C@H](N)[C@H]1c1cnn(C)c1. The van der Waals surface area contributed by atoms with Crippen molar-refractivity contribution in [2.45, 2.75) is 25.4 Å². The van der Waals surface area contributed by atoms with Crippen molar-refractivity contribution in [3.8, 4) is 0 Å². The fourth-order valence-corrected chi connectivity index (χ4v) is 2.21. The Hall–Kier alpha value is -1.36. The van der Waals surface area contributed by atoms with Gasteiger partial charge in [-0.1, -0.05) is 0 Å². The second-order valence-electron chi connectivity index (χ2n) is 3.94. The Kier molecular flexibility index (Phi) is 2.48. The fourth-order valence-electron chi connectivity index (χ4n) is 2.21. The number of likely N-dealkylation sites (tertiary alicyclic amines) is 1. The average molecular weight is 208 g/mol. The van der Waals surface area contributed by atoms with Crippen molar-refractivity contribution < 1.29 is 4.79 Å². The molecule has 1 fully saturated rings. The molecular formula is C10H16N4O. The molecule has 5 nitrogen and oxygen atoms in total. The minimum absolute atomic E-state index is 0.00352. The van der Waals surface area contributed by atoms with Crippen molar-refractivity contribution in [2.24, 2.45) is 12.8 Å². The molecule has 0 radical (unpaired) electrons. The summed E-state index contributed by atoms with van der Waals surface area (Å²) in [6.45, 7) is 2.67. The predicted molar refractivity (Wildman–Crippen MR) is 55.9 cm³/mol. The summed E-state index contributed by atoms with van der Waals surface area (Å²) in [5, 5.41) is 4.11. The molecule has 0 aromatic carbocycles. The van der Waals surface area contributed by atoms with Crippen molar-refractivity contribution in [1.29, 1.82) is 0 Å². The number of aryl methyl sites for hydroxylation is 1. The zero-order valence-electron chi connectivity index (χ0n) is 9.05. The highest BCUT2D eigenvalue weighted by Crippen LogP contribution is 2.31. The van der Waals surface area contributed by atoms with Gasteiger partial charge in [0.15, 0.2) is 0 Å². The summed E-state index contributed by atoms with van der Waals surface area (Å²) in [5.41, 5.74) is 7.00. The minimum Gasteiger partial charge on any atom is -0.334 e. The van der Waals surface area contributed by atoms with Crippen LogP contribution in [0.3, 0.4) is 0 Å². The lowest BCUT2D eigenvalue weighted by atomic mass is 10.0. The Balaban J connectivity index is 2.30. The Morgan fingerprint density at radius 2 is 2.40 bits per heavy atom. The monoisotopic (exact) mass is 208 g/mol. The van der Waals surface area contributed by atoms with Crippen LogP contribution in [0, 0.1) is 0 Å². The third kappa shape index (κ3) is 1.63. The number of amides is 1. The molecule has 1 aromatic heterocycles. The van der Waals surface area contributed by atoms with Gasteiger partial charge in [0.05, 0.1) is 12.2 Å². The minimum atomic E-state index is -0.110. The Morgan fingerprint density at radius 1 is 1.67 bits per heavy atom. The average Bonchev–Trinajstić information content (AvgIpc) is 2.70. The third-order valence-corrected chi connectivity index (χ3v) is 2.88. The van der Waals surface area contributed by atoms with E-state index in [1.54, 1.807) is 10.9 Å². The van der Waals surface area contributed by atoms with Crippen molar-refractivity contribution in [3.05, 3.63) is 18.0 Å². The van der Waals surface area contributed by atoms with Crippen molar-refractivity contribution in [1.82, 2.24) is 14.7 Å². The van der Waals surface area contributed by atoms with Gasteiger partial charge in [-0.3, -0.25) is 9.48 Å². The number of hydrogen-bond acceptors (Lipinski definition) is 3. The third-order valence-electron chi connectivity index (χ3n) is 2.88. The molecule has 82 valence electrons. The first kappa shape index (κ1) is 10.2. The van der Waals surface area contributed by atoms with E-state index in [-0.39, 0.29) is 18.0 Å². The summed E-state index contributed by atoms with van der Waals surface area (Å²) >= 11 is 0. The van der Waals surface area contributed by atoms with E-state index in [0.717, 1.165) is 5.56 Å². The van der Waals surface area contributed by atoms with E-state index in [9.17, 15) is 4.79 Å².